The highest BCUT2D eigenvalue weighted by Gasteiger charge is 2.06. The molecule has 0 aromatic heterocycles. The van der Waals surface area contributed by atoms with Crippen LogP contribution in [-0.4, -0.2) is 11.7 Å². The molecular formula is C17H36O. The van der Waals surface area contributed by atoms with Crippen molar-refractivity contribution >= 4 is 0 Å². The average Bonchev–Trinajstić information content (AvgIpc) is 2.29. The maximum absolute atomic E-state index is 8.75. The first kappa shape index (κ1) is 18.0. The van der Waals surface area contributed by atoms with Crippen molar-refractivity contribution in [3.05, 3.63) is 0 Å². The minimum absolute atomic E-state index is 0.361. The predicted octanol–water partition coefficient (Wildman–Crippen LogP) is 5.42. The zero-order chi connectivity index (χ0) is 13.8. The Morgan fingerprint density at radius 1 is 0.611 bits per heavy atom. The van der Waals surface area contributed by atoms with E-state index < -0.39 is 0 Å². The van der Waals surface area contributed by atoms with E-state index in [0.717, 1.165) is 24.2 Å². The fourth-order valence-corrected chi connectivity index (χ4v) is 2.58. The molecule has 0 bridgehead atoms. The minimum atomic E-state index is 0.361. The van der Waals surface area contributed by atoms with Crippen molar-refractivity contribution in [2.45, 2.75) is 85.5 Å². The van der Waals surface area contributed by atoms with E-state index in [1.807, 2.05) is 0 Å². The monoisotopic (exact) mass is 256 g/mol. The molecule has 1 N–H and O–H groups in total. The molecule has 0 radical (unpaired) electrons. The highest BCUT2D eigenvalue weighted by molar-refractivity contribution is 4.59. The van der Waals surface area contributed by atoms with Crippen molar-refractivity contribution in [1.82, 2.24) is 0 Å². The highest BCUT2D eigenvalue weighted by Crippen LogP contribution is 2.21. The fraction of sp³-hybridized carbons (Fsp3) is 1.00. The maximum atomic E-state index is 8.75. The number of aliphatic hydroxyl groups is 1. The zero-order valence-electron chi connectivity index (χ0n) is 13.3. The number of hydrogen-bond acceptors (Lipinski definition) is 1. The Bertz CT molecular complexity index is 165. The van der Waals surface area contributed by atoms with Gasteiger partial charge in [0.25, 0.3) is 0 Å². The summed E-state index contributed by atoms with van der Waals surface area (Å²) in [5.41, 5.74) is 0. The summed E-state index contributed by atoms with van der Waals surface area (Å²) in [4.78, 5) is 0. The van der Waals surface area contributed by atoms with E-state index in [4.69, 9.17) is 5.11 Å². The summed E-state index contributed by atoms with van der Waals surface area (Å²) in [6, 6.07) is 0. The van der Waals surface area contributed by atoms with Crippen LogP contribution in [0.4, 0.5) is 0 Å². The van der Waals surface area contributed by atoms with Crippen LogP contribution in [0, 0.1) is 17.8 Å². The summed E-state index contributed by atoms with van der Waals surface area (Å²) in [5.74, 6) is 2.62. The first-order chi connectivity index (χ1) is 8.56. The van der Waals surface area contributed by atoms with Crippen molar-refractivity contribution in [2.75, 3.05) is 6.61 Å². The van der Waals surface area contributed by atoms with Crippen LogP contribution in [0.5, 0.6) is 0 Å². The number of hydrogen-bond donors (Lipinski definition) is 1. The van der Waals surface area contributed by atoms with Crippen molar-refractivity contribution in [1.29, 1.82) is 0 Å². The molecule has 0 aromatic rings. The first-order valence-electron chi connectivity index (χ1n) is 8.17. The van der Waals surface area contributed by atoms with E-state index in [2.05, 4.69) is 27.7 Å². The summed E-state index contributed by atoms with van der Waals surface area (Å²) in [5, 5.41) is 8.75. The van der Waals surface area contributed by atoms with Gasteiger partial charge in [-0.15, -0.1) is 0 Å². The molecule has 0 spiro atoms. The molecule has 0 heterocycles. The Labute approximate surface area is 115 Å². The van der Waals surface area contributed by atoms with Crippen LogP contribution in [-0.2, 0) is 0 Å². The molecular weight excluding hydrogens is 220 g/mol. The zero-order valence-corrected chi connectivity index (χ0v) is 13.3. The van der Waals surface area contributed by atoms with Gasteiger partial charge < -0.3 is 5.11 Å². The van der Waals surface area contributed by atoms with Gasteiger partial charge >= 0.3 is 0 Å². The second-order valence-corrected chi connectivity index (χ2v) is 6.69. The largest absolute Gasteiger partial charge is 0.396 e. The van der Waals surface area contributed by atoms with Gasteiger partial charge in [0.05, 0.1) is 0 Å². The Morgan fingerprint density at radius 2 is 1.06 bits per heavy atom. The van der Waals surface area contributed by atoms with Crippen molar-refractivity contribution < 1.29 is 5.11 Å². The molecule has 1 nitrogen and oxygen atoms in total. The average molecular weight is 256 g/mol. The molecule has 0 unspecified atom stereocenters. The molecule has 0 aromatic carbocycles. The van der Waals surface area contributed by atoms with Gasteiger partial charge in [-0.2, -0.15) is 0 Å². The fourth-order valence-electron chi connectivity index (χ4n) is 2.58. The Balaban J connectivity index is 3.35. The number of rotatable bonds is 12. The van der Waals surface area contributed by atoms with Gasteiger partial charge in [-0.1, -0.05) is 79.1 Å². The second kappa shape index (κ2) is 12.0. The highest BCUT2D eigenvalue weighted by atomic mass is 16.2. The maximum Gasteiger partial charge on any atom is 0.0431 e. The molecule has 0 aliphatic heterocycles. The quantitative estimate of drug-likeness (QED) is 0.462. The minimum Gasteiger partial charge on any atom is -0.396 e. The van der Waals surface area contributed by atoms with Crippen molar-refractivity contribution in [3.8, 4) is 0 Å². The third-order valence-electron chi connectivity index (χ3n) is 3.98. The lowest BCUT2D eigenvalue weighted by atomic mass is 9.92. The molecule has 0 saturated carbocycles. The van der Waals surface area contributed by atoms with Crippen LogP contribution < -0.4 is 0 Å². The van der Waals surface area contributed by atoms with Crippen LogP contribution in [0.15, 0.2) is 0 Å². The summed E-state index contributed by atoms with van der Waals surface area (Å²) >= 11 is 0. The molecule has 0 fully saturated rings. The lowest BCUT2D eigenvalue weighted by molar-refractivity contribution is 0.277. The van der Waals surface area contributed by atoms with E-state index in [1.54, 1.807) is 0 Å². The van der Waals surface area contributed by atoms with Gasteiger partial charge in [0, 0.05) is 6.61 Å². The smallest absolute Gasteiger partial charge is 0.0431 e. The molecule has 0 rings (SSSR count). The Morgan fingerprint density at radius 3 is 1.50 bits per heavy atom. The topological polar surface area (TPSA) is 20.2 Å². The van der Waals surface area contributed by atoms with Crippen molar-refractivity contribution in [3.63, 3.8) is 0 Å². The lowest BCUT2D eigenvalue weighted by Gasteiger charge is -2.14. The molecule has 1 heteroatoms. The summed E-state index contributed by atoms with van der Waals surface area (Å²) < 4.78 is 0. The molecule has 0 aliphatic rings. The summed E-state index contributed by atoms with van der Waals surface area (Å²) in [6.45, 7) is 9.77. The van der Waals surface area contributed by atoms with Gasteiger partial charge in [-0.3, -0.25) is 0 Å². The van der Waals surface area contributed by atoms with Crippen molar-refractivity contribution in [2.24, 2.45) is 17.8 Å². The molecule has 2 atom stereocenters. The van der Waals surface area contributed by atoms with Gasteiger partial charge in [-0.25, -0.2) is 0 Å². The van der Waals surface area contributed by atoms with Gasteiger partial charge in [0.1, 0.15) is 0 Å². The van der Waals surface area contributed by atoms with E-state index in [9.17, 15) is 0 Å². The first-order valence-corrected chi connectivity index (χ1v) is 8.17. The number of unbranched alkanes of at least 4 members (excludes halogenated alkanes) is 1. The molecule has 0 aliphatic carbocycles. The SMILES string of the molecule is CC(C)CCC[C@@H](C)CCC[C@@H](C)CCCCO. The second-order valence-electron chi connectivity index (χ2n) is 6.69. The molecule has 0 saturated heterocycles. The predicted molar refractivity (Wildman–Crippen MR) is 81.8 cm³/mol. The standard InChI is InChI=1S/C17H36O/c1-15(2)9-7-11-17(4)13-8-12-16(3)10-5-6-14-18/h15-18H,5-14H2,1-4H3/t16-,17+/m0/s1. The van der Waals surface area contributed by atoms with E-state index in [0.29, 0.717) is 6.61 Å². The van der Waals surface area contributed by atoms with Gasteiger partial charge in [-0.05, 0) is 24.2 Å². The van der Waals surface area contributed by atoms with E-state index in [-0.39, 0.29) is 0 Å². The van der Waals surface area contributed by atoms with Crippen LogP contribution >= 0.6 is 0 Å². The third-order valence-corrected chi connectivity index (χ3v) is 3.98. The normalized spacial score (nSPS) is 15.0. The van der Waals surface area contributed by atoms with Gasteiger partial charge in [0.2, 0.25) is 0 Å². The van der Waals surface area contributed by atoms with Crippen LogP contribution in [0.2, 0.25) is 0 Å². The van der Waals surface area contributed by atoms with Crippen LogP contribution in [0.3, 0.4) is 0 Å². The van der Waals surface area contributed by atoms with Crippen LogP contribution in [0.1, 0.15) is 85.5 Å². The molecule has 0 amide bonds. The van der Waals surface area contributed by atoms with E-state index >= 15 is 0 Å². The summed E-state index contributed by atoms with van der Waals surface area (Å²) in [6.07, 6.45) is 11.9. The molecule has 110 valence electrons. The molecule has 18 heavy (non-hydrogen) atoms. The Kier molecular flexibility index (Phi) is 12.0. The Hall–Kier alpha value is -0.0400. The third kappa shape index (κ3) is 12.4. The van der Waals surface area contributed by atoms with Gasteiger partial charge in [0.15, 0.2) is 0 Å². The van der Waals surface area contributed by atoms with E-state index in [1.165, 1.54) is 51.4 Å². The van der Waals surface area contributed by atoms with Crippen LogP contribution in [0.25, 0.3) is 0 Å². The summed E-state index contributed by atoms with van der Waals surface area (Å²) in [7, 11) is 0. The number of aliphatic hydroxyl groups excluding tert-OH is 1. The lowest BCUT2D eigenvalue weighted by Crippen LogP contribution is -2.00.